The van der Waals surface area contributed by atoms with Gasteiger partial charge in [-0.15, -0.1) is 0 Å². The molecule has 0 bridgehead atoms. The molecule has 1 aromatic carbocycles. The minimum Gasteiger partial charge on any atom is -0.479 e. The molecule has 0 aliphatic rings. The average molecular weight is 211 g/mol. The lowest BCUT2D eigenvalue weighted by atomic mass is 10.2. The summed E-state index contributed by atoms with van der Waals surface area (Å²) in [6.07, 6.45) is 0. The number of halogens is 1. The number of nitrogens with zero attached hydrogens (tertiary/aromatic N) is 1. The Morgan fingerprint density at radius 1 is 1.60 bits per heavy atom. The summed E-state index contributed by atoms with van der Waals surface area (Å²) in [5.41, 5.74) is 0.218. The van der Waals surface area contributed by atoms with E-state index in [4.69, 9.17) is 14.4 Å². The summed E-state index contributed by atoms with van der Waals surface area (Å²) in [4.78, 5) is 10.2. The third kappa shape index (κ3) is 1.88. The molecule has 0 aliphatic heterocycles. The van der Waals surface area contributed by atoms with E-state index in [1.807, 2.05) is 0 Å². The molecule has 0 unspecified atom stereocenters. The molecular formula is C9H6FNO4. The Labute approximate surface area is 83.0 Å². The highest BCUT2D eigenvalue weighted by molar-refractivity contribution is 5.82. The van der Waals surface area contributed by atoms with Gasteiger partial charge < -0.3 is 14.4 Å². The van der Waals surface area contributed by atoms with Gasteiger partial charge in [0.05, 0.1) is 5.39 Å². The van der Waals surface area contributed by atoms with Crippen LogP contribution in [0.1, 0.15) is 0 Å². The van der Waals surface area contributed by atoms with Gasteiger partial charge in [0.25, 0.3) is 5.88 Å². The summed E-state index contributed by atoms with van der Waals surface area (Å²) < 4.78 is 22.3. The zero-order chi connectivity index (χ0) is 10.8. The van der Waals surface area contributed by atoms with Crippen LogP contribution in [0, 0.1) is 5.82 Å². The molecule has 1 aromatic heterocycles. The zero-order valence-corrected chi connectivity index (χ0v) is 7.44. The second kappa shape index (κ2) is 3.56. The van der Waals surface area contributed by atoms with Crippen molar-refractivity contribution < 1.29 is 23.6 Å². The molecule has 0 amide bonds. The van der Waals surface area contributed by atoms with Gasteiger partial charge >= 0.3 is 5.97 Å². The highest BCUT2D eigenvalue weighted by atomic mass is 19.1. The number of fused-ring (bicyclic) bond motifs is 1. The van der Waals surface area contributed by atoms with Crippen molar-refractivity contribution in [3.8, 4) is 5.88 Å². The van der Waals surface area contributed by atoms with Gasteiger partial charge in [-0.1, -0.05) is 0 Å². The van der Waals surface area contributed by atoms with Crippen molar-refractivity contribution in [2.75, 3.05) is 6.61 Å². The molecule has 78 valence electrons. The minimum atomic E-state index is -1.12. The van der Waals surface area contributed by atoms with Gasteiger partial charge in [-0.2, -0.15) is 0 Å². The second-order valence-corrected chi connectivity index (χ2v) is 2.81. The molecule has 15 heavy (non-hydrogen) atoms. The van der Waals surface area contributed by atoms with Crippen LogP contribution in [0.15, 0.2) is 22.7 Å². The first-order valence-electron chi connectivity index (χ1n) is 4.06. The van der Waals surface area contributed by atoms with Crippen molar-refractivity contribution in [1.29, 1.82) is 0 Å². The largest absolute Gasteiger partial charge is 0.479 e. The van der Waals surface area contributed by atoms with Crippen LogP contribution >= 0.6 is 0 Å². The molecule has 0 radical (unpaired) electrons. The molecule has 6 heteroatoms. The molecule has 0 fully saturated rings. The smallest absolute Gasteiger partial charge is 0.341 e. The Hall–Kier alpha value is -2.11. The lowest BCUT2D eigenvalue weighted by Crippen LogP contribution is -2.09. The molecule has 0 saturated heterocycles. The Morgan fingerprint density at radius 2 is 2.40 bits per heavy atom. The molecule has 0 aliphatic carbocycles. The number of hydrogen-bond donors (Lipinski definition) is 1. The first-order chi connectivity index (χ1) is 7.16. The fraction of sp³-hybridized carbons (Fsp3) is 0.111. The number of benzene rings is 1. The van der Waals surface area contributed by atoms with E-state index >= 15 is 0 Å². The third-order valence-corrected chi connectivity index (χ3v) is 1.73. The average Bonchev–Trinajstić information content (AvgIpc) is 2.57. The SMILES string of the molecule is O=C(O)COc1noc2cc(F)ccc12. The quantitative estimate of drug-likeness (QED) is 0.831. The number of rotatable bonds is 3. The lowest BCUT2D eigenvalue weighted by Gasteiger charge is -1.96. The molecule has 5 nitrogen and oxygen atoms in total. The Kier molecular flexibility index (Phi) is 2.24. The maximum atomic E-state index is 12.7. The number of aromatic nitrogens is 1. The molecule has 2 aromatic rings. The predicted octanol–water partition coefficient (Wildman–Crippen LogP) is 1.43. The standard InChI is InChI=1S/C9H6FNO4/c10-5-1-2-6-7(3-5)15-11-9(6)14-4-8(12)13/h1-3H,4H2,(H,12,13). The van der Waals surface area contributed by atoms with Crippen molar-refractivity contribution in [2.45, 2.75) is 0 Å². The van der Waals surface area contributed by atoms with Crippen LogP contribution in [-0.2, 0) is 4.79 Å². The Bertz CT molecular complexity index is 508. The van der Waals surface area contributed by atoms with Crippen LogP contribution in [-0.4, -0.2) is 22.8 Å². The summed E-state index contributed by atoms with van der Waals surface area (Å²) >= 11 is 0. The summed E-state index contributed by atoms with van der Waals surface area (Å²) in [6.45, 7) is -0.515. The van der Waals surface area contributed by atoms with Gasteiger partial charge in [-0.05, 0) is 17.3 Å². The fourth-order valence-electron chi connectivity index (χ4n) is 1.12. The van der Waals surface area contributed by atoms with Crippen molar-refractivity contribution in [3.63, 3.8) is 0 Å². The van der Waals surface area contributed by atoms with Crippen LogP contribution in [0.2, 0.25) is 0 Å². The Balaban J connectivity index is 2.32. The molecule has 0 atom stereocenters. The number of ether oxygens (including phenoxy) is 1. The minimum absolute atomic E-state index is 0.0485. The maximum Gasteiger partial charge on any atom is 0.341 e. The number of aliphatic carboxylic acids is 1. The van der Waals surface area contributed by atoms with E-state index in [0.29, 0.717) is 5.39 Å². The van der Waals surface area contributed by atoms with Crippen molar-refractivity contribution >= 4 is 16.9 Å². The van der Waals surface area contributed by atoms with Crippen molar-refractivity contribution in [3.05, 3.63) is 24.0 Å². The number of carbonyl (C=O) groups is 1. The zero-order valence-electron chi connectivity index (χ0n) is 7.44. The molecule has 1 N–H and O–H groups in total. The van der Waals surface area contributed by atoms with Crippen molar-refractivity contribution in [1.82, 2.24) is 5.16 Å². The van der Waals surface area contributed by atoms with E-state index in [0.717, 1.165) is 6.07 Å². The van der Waals surface area contributed by atoms with Crippen LogP contribution in [0.25, 0.3) is 11.0 Å². The van der Waals surface area contributed by atoms with E-state index < -0.39 is 18.4 Å². The van der Waals surface area contributed by atoms with E-state index in [-0.39, 0.29) is 11.5 Å². The normalized spacial score (nSPS) is 10.5. The summed E-state index contributed by atoms with van der Waals surface area (Å²) in [7, 11) is 0. The highest BCUT2D eigenvalue weighted by Crippen LogP contribution is 2.25. The topological polar surface area (TPSA) is 72.6 Å². The van der Waals surface area contributed by atoms with Gasteiger partial charge in [0.1, 0.15) is 5.82 Å². The van der Waals surface area contributed by atoms with Crippen LogP contribution in [0.4, 0.5) is 4.39 Å². The van der Waals surface area contributed by atoms with Gasteiger partial charge in [0.15, 0.2) is 12.2 Å². The first-order valence-corrected chi connectivity index (χ1v) is 4.06. The summed E-state index contributed by atoms with van der Waals surface area (Å²) in [5, 5.41) is 12.3. The summed E-state index contributed by atoms with van der Waals surface area (Å²) in [5.74, 6) is -1.52. The summed E-state index contributed by atoms with van der Waals surface area (Å²) in [6, 6.07) is 3.78. The van der Waals surface area contributed by atoms with Gasteiger partial charge in [-0.3, -0.25) is 0 Å². The van der Waals surface area contributed by atoms with E-state index in [1.165, 1.54) is 12.1 Å². The molecular weight excluding hydrogens is 205 g/mol. The molecule has 2 rings (SSSR count). The number of hydrogen-bond acceptors (Lipinski definition) is 4. The van der Waals surface area contributed by atoms with Crippen LogP contribution in [0.5, 0.6) is 5.88 Å². The van der Waals surface area contributed by atoms with Crippen LogP contribution < -0.4 is 4.74 Å². The predicted molar refractivity (Wildman–Crippen MR) is 47.1 cm³/mol. The van der Waals surface area contributed by atoms with E-state index in [1.54, 1.807) is 0 Å². The third-order valence-electron chi connectivity index (χ3n) is 1.73. The van der Waals surface area contributed by atoms with Crippen LogP contribution in [0.3, 0.4) is 0 Å². The lowest BCUT2D eigenvalue weighted by molar-refractivity contribution is -0.139. The van der Waals surface area contributed by atoms with E-state index in [2.05, 4.69) is 5.16 Å². The van der Waals surface area contributed by atoms with E-state index in [9.17, 15) is 9.18 Å². The van der Waals surface area contributed by atoms with Crippen molar-refractivity contribution in [2.24, 2.45) is 0 Å². The second-order valence-electron chi connectivity index (χ2n) is 2.81. The fourth-order valence-corrected chi connectivity index (χ4v) is 1.12. The van der Waals surface area contributed by atoms with Gasteiger partial charge in [0, 0.05) is 6.07 Å². The van der Waals surface area contributed by atoms with Gasteiger partial charge in [-0.25, -0.2) is 9.18 Å². The monoisotopic (exact) mass is 211 g/mol. The number of carboxylic acid groups (broad SMARTS) is 1. The maximum absolute atomic E-state index is 12.7. The molecule has 0 saturated carbocycles. The molecule has 1 heterocycles. The Morgan fingerprint density at radius 3 is 3.13 bits per heavy atom. The molecule has 0 spiro atoms. The number of carboxylic acids is 1. The van der Waals surface area contributed by atoms with Gasteiger partial charge in [0.2, 0.25) is 0 Å². The first kappa shape index (κ1) is 9.45. The highest BCUT2D eigenvalue weighted by Gasteiger charge is 2.11.